The van der Waals surface area contributed by atoms with Crippen molar-refractivity contribution in [3.63, 3.8) is 0 Å². The van der Waals surface area contributed by atoms with Gasteiger partial charge in [0.15, 0.2) is 0 Å². The average molecular weight is 240 g/mol. The van der Waals surface area contributed by atoms with Gasteiger partial charge in [-0.15, -0.1) is 0 Å². The van der Waals surface area contributed by atoms with Crippen LogP contribution in [0.4, 0.5) is 0 Å². The van der Waals surface area contributed by atoms with Gasteiger partial charge in [-0.2, -0.15) is 0 Å². The zero-order valence-electron chi connectivity index (χ0n) is 10.5. The summed E-state index contributed by atoms with van der Waals surface area (Å²) >= 11 is 6.25. The van der Waals surface area contributed by atoms with E-state index in [9.17, 15) is 0 Å². The standard InChI is InChI=1S/C14H22ClN/c1-10(2)13-8-12(6-4-5-7-16)9-14(15)11(13)3/h8-10H,4-7,16H2,1-3H3. The van der Waals surface area contributed by atoms with Crippen LogP contribution in [0.3, 0.4) is 0 Å². The van der Waals surface area contributed by atoms with Gasteiger partial charge in [0.2, 0.25) is 0 Å². The summed E-state index contributed by atoms with van der Waals surface area (Å²) in [5, 5.41) is 0.897. The van der Waals surface area contributed by atoms with Gasteiger partial charge < -0.3 is 5.73 Å². The number of nitrogens with two attached hydrogens (primary N) is 1. The minimum Gasteiger partial charge on any atom is -0.330 e. The molecular formula is C14H22ClN. The highest BCUT2D eigenvalue weighted by molar-refractivity contribution is 6.31. The van der Waals surface area contributed by atoms with E-state index in [4.69, 9.17) is 17.3 Å². The third-order valence-corrected chi connectivity index (χ3v) is 3.38. The molecule has 0 aliphatic carbocycles. The third kappa shape index (κ3) is 3.50. The Balaban J connectivity index is 2.86. The Hall–Kier alpha value is -0.530. The lowest BCUT2D eigenvalue weighted by atomic mass is 9.94. The van der Waals surface area contributed by atoms with E-state index in [0.717, 1.165) is 30.8 Å². The average Bonchev–Trinajstić information content (AvgIpc) is 2.23. The molecule has 0 heterocycles. The Kier molecular flexibility index (Phi) is 5.30. The van der Waals surface area contributed by atoms with Gasteiger partial charge in [0.25, 0.3) is 0 Å². The number of halogens is 1. The molecule has 0 atom stereocenters. The Morgan fingerprint density at radius 1 is 1.25 bits per heavy atom. The fraction of sp³-hybridized carbons (Fsp3) is 0.571. The van der Waals surface area contributed by atoms with E-state index in [-0.39, 0.29) is 0 Å². The van der Waals surface area contributed by atoms with Crippen molar-refractivity contribution in [1.29, 1.82) is 0 Å². The maximum Gasteiger partial charge on any atom is 0.0440 e. The van der Waals surface area contributed by atoms with Crippen molar-refractivity contribution in [1.82, 2.24) is 0 Å². The molecule has 1 rings (SSSR count). The second kappa shape index (κ2) is 6.27. The van der Waals surface area contributed by atoms with Crippen LogP contribution < -0.4 is 5.73 Å². The molecule has 90 valence electrons. The van der Waals surface area contributed by atoms with E-state index in [0.29, 0.717) is 5.92 Å². The molecule has 1 aromatic rings. The Labute approximate surface area is 104 Å². The van der Waals surface area contributed by atoms with Crippen molar-refractivity contribution in [2.45, 2.75) is 46.0 Å². The molecule has 2 N–H and O–H groups in total. The lowest BCUT2D eigenvalue weighted by molar-refractivity contribution is 0.742. The minimum atomic E-state index is 0.534. The van der Waals surface area contributed by atoms with Crippen molar-refractivity contribution in [2.24, 2.45) is 5.73 Å². The van der Waals surface area contributed by atoms with E-state index in [1.54, 1.807) is 0 Å². The van der Waals surface area contributed by atoms with Crippen LogP contribution in [-0.2, 0) is 6.42 Å². The molecule has 0 spiro atoms. The van der Waals surface area contributed by atoms with E-state index in [1.807, 2.05) is 0 Å². The summed E-state index contributed by atoms with van der Waals surface area (Å²) in [4.78, 5) is 0. The highest BCUT2D eigenvalue weighted by Crippen LogP contribution is 2.27. The van der Waals surface area contributed by atoms with E-state index in [2.05, 4.69) is 32.9 Å². The lowest BCUT2D eigenvalue weighted by Gasteiger charge is -2.14. The Morgan fingerprint density at radius 3 is 2.50 bits per heavy atom. The largest absolute Gasteiger partial charge is 0.330 e. The maximum atomic E-state index is 6.25. The predicted octanol–water partition coefficient (Wildman–Crippen LogP) is 4.05. The van der Waals surface area contributed by atoms with Crippen molar-refractivity contribution in [3.05, 3.63) is 33.8 Å². The number of rotatable bonds is 5. The normalized spacial score (nSPS) is 11.1. The molecule has 0 saturated heterocycles. The molecule has 0 radical (unpaired) electrons. The molecule has 0 aliphatic heterocycles. The topological polar surface area (TPSA) is 26.0 Å². The Bertz CT molecular complexity index is 345. The fourth-order valence-corrected chi connectivity index (χ4v) is 2.23. The summed E-state index contributed by atoms with van der Waals surface area (Å²) in [6.07, 6.45) is 3.31. The highest BCUT2D eigenvalue weighted by Gasteiger charge is 2.08. The van der Waals surface area contributed by atoms with Gasteiger partial charge in [-0.3, -0.25) is 0 Å². The first kappa shape index (κ1) is 13.5. The van der Waals surface area contributed by atoms with Crippen LogP contribution in [0.1, 0.15) is 49.3 Å². The van der Waals surface area contributed by atoms with Gasteiger partial charge in [0, 0.05) is 5.02 Å². The summed E-state index contributed by atoms with van der Waals surface area (Å²) in [5.74, 6) is 0.534. The second-order valence-electron chi connectivity index (χ2n) is 4.69. The quantitative estimate of drug-likeness (QED) is 0.771. The summed E-state index contributed by atoms with van der Waals surface area (Å²) in [6.45, 7) is 7.29. The molecule has 0 fully saturated rings. The van der Waals surface area contributed by atoms with Crippen LogP contribution >= 0.6 is 11.6 Å². The molecule has 0 aromatic heterocycles. The smallest absolute Gasteiger partial charge is 0.0440 e. The summed E-state index contributed by atoms with van der Waals surface area (Å²) in [5.41, 5.74) is 9.43. The monoisotopic (exact) mass is 239 g/mol. The predicted molar refractivity (Wildman–Crippen MR) is 72.3 cm³/mol. The van der Waals surface area contributed by atoms with E-state index >= 15 is 0 Å². The summed E-state index contributed by atoms with van der Waals surface area (Å²) in [6, 6.07) is 4.39. The molecule has 0 saturated carbocycles. The molecule has 0 unspecified atom stereocenters. The zero-order chi connectivity index (χ0) is 12.1. The number of hydrogen-bond acceptors (Lipinski definition) is 1. The Morgan fingerprint density at radius 2 is 1.94 bits per heavy atom. The molecule has 0 bridgehead atoms. The van der Waals surface area contributed by atoms with Crippen LogP contribution in [0.25, 0.3) is 0 Å². The first-order valence-corrected chi connectivity index (χ1v) is 6.43. The van der Waals surface area contributed by atoms with Crippen LogP contribution in [-0.4, -0.2) is 6.54 Å². The second-order valence-corrected chi connectivity index (χ2v) is 5.10. The lowest BCUT2D eigenvalue weighted by Crippen LogP contribution is -2.00. The van der Waals surface area contributed by atoms with E-state index < -0.39 is 0 Å². The van der Waals surface area contributed by atoms with Crippen molar-refractivity contribution < 1.29 is 0 Å². The molecule has 2 heteroatoms. The van der Waals surface area contributed by atoms with Gasteiger partial charge >= 0.3 is 0 Å². The van der Waals surface area contributed by atoms with E-state index in [1.165, 1.54) is 16.7 Å². The highest BCUT2D eigenvalue weighted by atomic mass is 35.5. The number of aryl methyl sites for hydroxylation is 1. The van der Waals surface area contributed by atoms with Gasteiger partial charge in [-0.1, -0.05) is 31.5 Å². The molecule has 16 heavy (non-hydrogen) atoms. The third-order valence-electron chi connectivity index (χ3n) is 2.99. The van der Waals surface area contributed by atoms with Crippen LogP contribution in [0.2, 0.25) is 5.02 Å². The van der Waals surface area contributed by atoms with Crippen molar-refractivity contribution in [2.75, 3.05) is 6.54 Å². The molecule has 0 aliphatic rings. The molecule has 0 amide bonds. The zero-order valence-corrected chi connectivity index (χ0v) is 11.3. The number of hydrogen-bond donors (Lipinski definition) is 1. The SMILES string of the molecule is Cc1c(Cl)cc(CCCCN)cc1C(C)C. The first-order chi connectivity index (χ1) is 7.56. The summed E-state index contributed by atoms with van der Waals surface area (Å²) in [7, 11) is 0. The molecule has 1 nitrogen and oxygen atoms in total. The first-order valence-electron chi connectivity index (χ1n) is 6.05. The van der Waals surface area contributed by atoms with Gasteiger partial charge in [0.05, 0.1) is 0 Å². The van der Waals surface area contributed by atoms with Crippen LogP contribution in [0, 0.1) is 6.92 Å². The van der Waals surface area contributed by atoms with Gasteiger partial charge in [-0.25, -0.2) is 0 Å². The number of unbranched alkanes of at least 4 members (excludes halogenated alkanes) is 1. The van der Waals surface area contributed by atoms with Gasteiger partial charge in [0.1, 0.15) is 0 Å². The molecule has 1 aromatic carbocycles. The van der Waals surface area contributed by atoms with Crippen molar-refractivity contribution >= 4 is 11.6 Å². The maximum absolute atomic E-state index is 6.25. The van der Waals surface area contributed by atoms with Gasteiger partial charge in [-0.05, 0) is 61.4 Å². The number of benzene rings is 1. The van der Waals surface area contributed by atoms with Crippen LogP contribution in [0.5, 0.6) is 0 Å². The fourth-order valence-electron chi connectivity index (χ4n) is 1.98. The minimum absolute atomic E-state index is 0.534. The van der Waals surface area contributed by atoms with Crippen LogP contribution in [0.15, 0.2) is 12.1 Å². The van der Waals surface area contributed by atoms with Crippen molar-refractivity contribution in [3.8, 4) is 0 Å². The molecular weight excluding hydrogens is 218 g/mol. The summed E-state index contributed by atoms with van der Waals surface area (Å²) < 4.78 is 0.